The van der Waals surface area contributed by atoms with Gasteiger partial charge in [0.1, 0.15) is 36.3 Å². The molecule has 0 radical (unpaired) electrons. The smallest absolute Gasteiger partial charge is 0.213 e. The van der Waals surface area contributed by atoms with Crippen molar-refractivity contribution in [1.82, 2.24) is 49.6 Å². The molecule has 0 spiro atoms. The molecule has 13 nitrogen and oxygen atoms in total. The molecular formula is C39H40BrClN10O3. The molecule has 4 aromatic carbocycles. The summed E-state index contributed by atoms with van der Waals surface area (Å²) < 4.78 is 10.7. The molecule has 3 aromatic heterocycles. The highest BCUT2D eigenvalue weighted by molar-refractivity contribution is 9.10. The lowest BCUT2D eigenvalue weighted by Crippen LogP contribution is -2.27. The van der Waals surface area contributed by atoms with Crippen molar-refractivity contribution in [3.63, 3.8) is 0 Å². The van der Waals surface area contributed by atoms with E-state index in [0.29, 0.717) is 19.1 Å². The van der Waals surface area contributed by atoms with Crippen LogP contribution in [-0.4, -0.2) is 75.1 Å². The average molecular weight is 812 g/mol. The van der Waals surface area contributed by atoms with Gasteiger partial charge in [-0.15, -0.1) is 26.9 Å². The van der Waals surface area contributed by atoms with Gasteiger partial charge < -0.3 is 9.30 Å². The first-order chi connectivity index (χ1) is 26.5. The van der Waals surface area contributed by atoms with Crippen LogP contribution in [0.1, 0.15) is 43.8 Å². The summed E-state index contributed by atoms with van der Waals surface area (Å²) in [6.45, 7) is 3.18. The third kappa shape index (κ3) is 14.3. The number of para-hydroxylation sites is 1. The number of hydrogen-bond acceptors (Lipinski definition) is 10. The molecule has 278 valence electrons. The Kier molecular flexibility index (Phi) is 17.4. The summed E-state index contributed by atoms with van der Waals surface area (Å²) in [5.74, 6) is 3.12. The Hall–Kier alpha value is -5.83. The van der Waals surface area contributed by atoms with Gasteiger partial charge in [-0.1, -0.05) is 88.7 Å². The minimum Gasteiger partial charge on any atom is -0.457 e. The molecule has 0 bridgehead atoms. The zero-order chi connectivity index (χ0) is 38.4. The Bertz CT molecular complexity index is 2060. The maximum absolute atomic E-state index is 9.88. The summed E-state index contributed by atoms with van der Waals surface area (Å²) in [6, 6.07) is 37.2. The first-order valence-electron chi connectivity index (χ1n) is 16.7. The second-order valence-corrected chi connectivity index (χ2v) is 12.3. The van der Waals surface area contributed by atoms with Crippen LogP contribution in [0, 0.1) is 0 Å². The number of nitrogens with one attached hydrogen (secondary N) is 1. The van der Waals surface area contributed by atoms with Crippen LogP contribution in [0.5, 0.6) is 11.5 Å². The number of aryl methyl sites for hydroxylation is 1. The summed E-state index contributed by atoms with van der Waals surface area (Å²) in [7, 11) is 1.71. The van der Waals surface area contributed by atoms with Crippen LogP contribution >= 0.6 is 27.5 Å². The van der Waals surface area contributed by atoms with Crippen molar-refractivity contribution in [2.75, 3.05) is 12.9 Å². The predicted octanol–water partition coefficient (Wildman–Crippen LogP) is 7.23. The summed E-state index contributed by atoms with van der Waals surface area (Å²) >= 11 is 8.17. The number of aromatic nitrogens is 9. The van der Waals surface area contributed by atoms with E-state index in [2.05, 4.69) is 133 Å². The number of nitrogens with zero attached hydrogens (tertiary/aromatic N) is 9. The monoisotopic (exact) mass is 810 g/mol. The first kappa shape index (κ1) is 40.9. The molecule has 0 fully saturated rings. The number of aldehydes is 2. The number of ether oxygens (including phenoxy) is 1. The lowest BCUT2D eigenvalue weighted by Gasteiger charge is -2.22. The number of aromatic amines is 1. The molecule has 0 amide bonds. The van der Waals surface area contributed by atoms with Gasteiger partial charge in [-0.05, 0) is 59.5 Å². The van der Waals surface area contributed by atoms with E-state index < -0.39 is 0 Å². The third-order valence-electron chi connectivity index (χ3n) is 7.46. The quantitative estimate of drug-likeness (QED) is 0.0934. The van der Waals surface area contributed by atoms with Crippen molar-refractivity contribution in [2.45, 2.75) is 26.1 Å². The molecule has 0 aliphatic carbocycles. The SMILES string of the molecule is Brc1ccc(CCN(Cc2ccc(Oc3ccccc3)cc2)Cc2nncn2Cc2ccccc2)cc1.CCl.Cn1cnc(C=O)n1.O=Cc1ncn[nH]1. The van der Waals surface area contributed by atoms with Crippen molar-refractivity contribution in [1.29, 1.82) is 0 Å². The first-order valence-corrected chi connectivity index (χ1v) is 18.2. The molecule has 0 saturated carbocycles. The van der Waals surface area contributed by atoms with Gasteiger partial charge in [-0.3, -0.25) is 24.3 Å². The molecule has 0 atom stereocenters. The van der Waals surface area contributed by atoms with Gasteiger partial charge in [-0.2, -0.15) is 5.10 Å². The topological polar surface area (TPSA) is 150 Å². The van der Waals surface area contributed by atoms with E-state index in [4.69, 9.17) is 4.74 Å². The zero-order valence-corrected chi connectivity index (χ0v) is 32.2. The van der Waals surface area contributed by atoms with Crippen LogP contribution in [0.4, 0.5) is 0 Å². The molecule has 1 N–H and O–H groups in total. The van der Waals surface area contributed by atoms with Gasteiger partial charge >= 0.3 is 0 Å². The van der Waals surface area contributed by atoms with E-state index in [1.807, 2.05) is 54.9 Å². The lowest BCUT2D eigenvalue weighted by molar-refractivity contribution is 0.110. The van der Waals surface area contributed by atoms with Crippen LogP contribution in [0.3, 0.4) is 0 Å². The predicted molar refractivity (Wildman–Crippen MR) is 210 cm³/mol. The van der Waals surface area contributed by atoms with Crippen molar-refractivity contribution in [3.05, 3.63) is 167 Å². The highest BCUT2D eigenvalue weighted by Crippen LogP contribution is 2.22. The Morgan fingerprint density at radius 2 is 1.44 bits per heavy atom. The van der Waals surface area contributed by atoms with Gasteiger partial charge in [0.2, 0.25) is 5.82 Å². The van der Waals surface area contributed by atoms with Crippen molar-refractivity contribution in [3.8, 4) is 11.5 Å². The molecule has 0 aliphatic rings. The minimum absolute atomic E-state index is 0.229. The number of halogens is 2. The molecule has 3 heterocycles. The number of hydrogen-bond donors (Lipinski definition) is 1. The van der Waals surface area contributed by atoms with E-state index in [-0.39, 0.29) is 11.6 Å². The molecule has 0 unspecified atom stereocenters. The van der Waals surface area contributed by atoms with E-state index in [1.54, 1.807) is 7.05 Å². The normalized spacial score (nSPS) is 10.2. The largest absolute Gasteiger partial charge is 0.457 e. The number of benzene rings is 4. The molecule has 7 rings (SSSR count). The second-order valence-electron chi connectivity index (χ2n) is 11.4. The van der Waals surface area contributed by atoms with Crippen LogP contribution < -0.4 is 4.74 Å². The van der Waals surface area contributed by atoms with Crippen molar-refractivity contribution >= 4 is 40.1 Å². The van der Waals surface area contributed by atoms with Gasteiger partial charge in [0.25, 0.3) is 0 Å². The molecule has 0 saturated heterocycles. The van der Waals surface area contributed by atoms with E-state index >= 15 is 0 Å². The van der Waals surface area contributed by atoms with Crippen LogP contribution in [-0.2, 0) is 33.1 Å². The number of H-pyrrole nitrogens is 1. The second kappa shape index (κ2) is 23.0. The maximum atomic E-state index is 9.88. The fourth-order valence-electron chi connectivity index (χ4n) is 4.89. The van der Waals surface area contributed by atoms with Gasteiger partial charge in [0.15, 0.2) is 18.4 Å². The highest BCUT2D eigenvalue weighted by atomic mass is 79.9. The van der Waals surface area contributed by atoms with E-state index in [0.717, 1.165) is 47.9 Å². The Morgan fingerprint density at radius 3 is 2.02 bits per heavy atom. The highest BCUT2D eigenvalue weighted by Gasteiger charge is 2.13. The summed E-state index contributed by atoms with van der Waals surface area (Å²) in [5.41, 5.74) is 3.77. The molecular weight excluding hydrogens is 772 g/mol. The van der Waals surface area contributed by atoms with E-state index in [1.165, 1.54) is 40.4 Å². The van der Waals surface area contributed by atoms with Gasteiger partial charge in [0.05, 0.1) is 13.1 Å². The number of alkyl halides is 1. The summed E-state index contributed by atoms with van der Waals surface area (Å²) in [4.78, 5) is 29.2. The molecule has 54 heavy (non-hydrogen) atoms. The van der Waals surface area contributed by atoms with Crippen LogP contribution in [0.2, 0.25) is 0 Å². The zero-order valence-electron chi connectivity index (χ0n) is 29.8. The number of carbonyl (C=O) groups is 2. The maximum Gasteiger partial charge on any atom is 0.213 e. The standard InChI is InChI=1S/C31H29BrN4O.C4H5N3O.C3H3N3O.CH3Cl/c32-28-15-11-25(12-16-28)19-20-35(23-31-34-33-24-36(31)22-26-7-3-1-4-8-26)21-27-13-17-30(18-14-27)37-29-9-5-2-6-10-29;1-7-3-5-4(2-8)6-7;7-1-3-4-2-5-6-3;1-2/h1-18,24H,19-23H2;2-3H,1H3;1-2H,(H,4,5,6);1H3. The lowest BCUT2D eigenvalue weighted by atomic mass is 10.1. The Morgan fingerprint density at radius 1 is 0.778 bits per heavy atom. The van der Waals surface area contributed by atoms with E-state index in [9.17, 15) is 9.59 Å². The molecule has 15 heteroatoms. The number of rotatable bonds is 13. The minimum atomic E-state index is 0.229. The van der Waals surface area contributed by atoms with Crippen molar-refractivity contribution in [2.24, 2.45) is 7.05 Å². The fourth-order valence-corrected chi connectivity index (χ4v) is 5.16. The average Bonchev–Trinajstić information content (AvgIpc) is 4.01. The van der Waals surface area contributed by atoms with Crippen LogP contribution in [0.25, 0.3) is 0 Å². The molecule has 0 aliphatic heterocycles. The van der Waals surface area contributed by atoms with Crippen molar-refractivity contribution < 1.29 is 14.3 Å². The third-order valence-corrected chi connectivity index (χ3v) is 7.99. The summed E-state index contributed by atoms with van der Waals surface area (Å²) in [5, 5.41) is 18.1. The number of carbonyl (C=O) groups excluding carboxylic acids is 2. The van der Waals surface area contributed by atoms with Gasteiger partial charge in [-0.25, -0.2) is 9.97 Å². The van der Waals surface area contributed by atoms with Gasteiger partial charge in [0, 0.05) is 31.0 Å². The fraction of sp³-hybridized carbons (Fsp3) is 0.179. The summed E-state index contributed by atoms with van der Waals surface area (Å²) in [6.07, 6.45) is 8.22. The van der Waals surface area contributed by atoms with Crippen LogP contribution in [0.15, 0.2) is 133 Å². The Labute approximate surface area is 327 Å². The molecule has 7 aromatic rings. The Balaban J connectivity index is 0.000000314.